The second-order valence-corrected chi connectivity index (χ2v) is 11.3. The van der Waals surface area contributed by atoms with Crippen LogP contribution in [0.25, 0.3) is 17.1 Å². The first-order chi connectivity index (χ1) is 20.6. The summed E-state index contributed by atoms with van der Waals surface area (Å²) in [5, 5.41) is 8.16. The Labute approximate surface area is 252 Å². The van der Waals surface area contributed by atoms with Gasteiger partial charge in [-0.15, -0.1) is 18.3 Å². The summed E-state index contributed by atoms with van der Waals surface area (Å²) >= 11 is 1.59. The fraction of sp³-hybridized carbons (Fsp3) is 0.290. The average Bonchev–Trinajstić information content (AvgIpc) is 3.62. The van der Waals surface area contributed by atoms with E-state index in [1.54, 1.807) is 11.8 Å². The standard InChI is InChI=1S/C31H31F3N6O2S/c1-20-5-4-6-21(2)27(20)39-17-18-43-30(39)37-29(41)36-22(3)7-8-23-9-11-24(12-10-23)28-35-19-40(38-28)25-13-15-26(16-14-25)42-31(32,33)34/h4-6,9-16,19,22H,7-8,17-18H2,1-3H3,(H,36,41). The number of ether oxygens (including phenoxy) is 1. The summed E-state index contributed by atoms with van der Waals surface area (Å²) in [4.78, 5) is 23.6. The van der Waals surface area contributed by atoms with Crippen molar-refractivity contribution in [2.75, 3.05) is 17.2 Å². The van der Waals surface area contributed by atoms with Gasteiger partial charge in [0.25, 0.3) is 0 Å². The number of amidine groups is 1. The van der Waals surface area contributed by atoms with Crippen LogP contribution in [0.4, 0.5) is 23.7 Å². The Morgan fingerprint density at radius 2 is 1.77 bits per heavy atom. The van der Waals surface area contributed by atoms with Gasteiger partial charge in [-0.2, -0.15) is 4.99 Å². The van der Waals surface area contributed by atoms with Crippen LogP contribution in [0.15, 0.2) is 78.0 Å². The maximum Gasteiger partial charge on any atom is 0.573 e. The number of hydrogen-bond donors (Lipinski definition) is 1. The summed E-state index contributed by atoms with van der Waals surface area (Å²) in [6, 6.07) is 19.0. The van der Waals surface area contributed by atoms with Crippen LogP contribution < -0.4 is 15.0 Å². The zero-order valence-electron chi connectivity index (χ0n) is 23.9. The maximum absolute atomic E-state index is 12.7. The van der Waals surface area contributed by atoms with Crippen molar-refractivity contribution in [2.24, 2.45) is 4.99 Å². The number of carbonyl (C=O) groups is 1. The van der Waals surface area contributed by atoms with Crippen LogP contribution in [0.5, 0.6) is 5.75 Å². The smallest absolute Gasteiger partial charge is 0.406 e. The van der Waals surface area contributed by atoms with Crippen molar-refractivity contribution < 1.29 is 22.7 Å². The Balaban J connectivity index is 1.14. The third-order valence-corrected chi connectivity index (χ3v) is 7.91. The van der Waals surface area contributed by atoms with Crippen molar-refractivity contribution in [1.82, 2.24) is 20.1 Å². The minimum Gasteiger partial charge on any atom is -0.406 e. The van der Waals surface area contributed by atoms with Gasteiger partial charge < -0.3 is 15.0 Å². The predicted octanol–water partition coefficient (Wildman–Crippen LogP) is 7.09. The molecule has 1 aliphatic rings. The molecule has 5 rings (SSSR count). The molecule has 1 unspecified atom stereocenters. The van der Waals surface area contributed by atoms with Gasteiger partial charge in [0.15, 0.2) is 11.0 Å². The molecule has 1 atom stereocenters. The molecule has 1 aromatic heterocycles. The van der Waals surface area contributed by atoms with Crippen LogP contribution in [-0.2, 0) is 6.42 Å². The number of anilines is 1. The van der Waals surface area contributed by atoms with E-state index in [0.717, 1.165) is 58.2 Å². The number of nitrogens with one attached hydrogen (secondary N) is 1. The fourth-order valence-corrected chi connectivity index (χ4v) is 5.80. The van der Waals surface area contributed by atoms with Crippen molar-refractivity contribution in [3.63, 3.8) is 0 Å². The third-order valence-electron chi connectivity index (χ3n) is 6.96. The number of aryl methyl sites for hydroxylation is 3. The lowest BCUT2D eigenvalue weighted by Gasteiger charge is -2.22. The van der Waals surface area contributed by atoms with E-state index in [-0.39, 0.29) is 17.8 Å². The lowest BCUT2D eigenvalue weighted by atomic mass is 10.0. The second kappa shape index (κ2) is 12.9. The Morgan fingerprint density at radius 1 is 1.07 bits per heavy atom. The highest BCUT2D eigenvalue weighted by Crippen LogP contribution is 2.31. The predicted molar refractivity (Wildman–Crippen MR) is 163 cm³/mol. The van der Waals surface area contributed by atoms with E-state index in [1.807, 2.05) is 37.3 Å². The van der Waals surface area contributed by atoms with Gasteiger partial charge in [0.05, 0.1) is 5.69 Å². The van der Waals surface area contributed by atoms with E-state index < -0.39 is 6.36 Å². The molecule has 1 fully saturated rings. The molecule has 2 amide bonds. The van der Waals surface area contributed by atoms with Crippen LogP contribution in [0.2, 0.25) is 0 Å². The first-order valence-corrected chi connectivity index (χ1v) is 14.8. The molecule has 1 N–H and O–H groups in total. The highest BCUT2D eigenvalue weighted by atomic mass is 32.2. The van der Waals surface area contributed by atoms with Crippen LogP contribution in [0.1, 0.15) is 30.0 Å². The Bertz CT molecular complexity index is 1580. The van der Waals surface area contributed by atoms with Crippen molar-refractivity contribution in [3.05, 3.63) is 89.7 Å². The van der Waals surface area contributed by atoms with Crippen molar-refractivity contribution in [2.45, 2.75) is 46.0 Å². The Hall–Kier alpha value is -4.32. The fourth-order valence-electron chi connectivity index (χ4n) is 4.86. The lowest BCUT2D eigenvalue weighted by Crippen LogP contribution is -2.33. The summed E-state index contributed by atoms with van der Waals surface area (Å²) in [5.41, 5.74) is 5.89. The first-order valence-electron chi connectivity index (χ1n) is 13.8. The average molecular weight is 609 g/mol. The molecule has 3 aromatic carbocycles. The number of aliphatic imine (C=N–C) groups is 1. The topological polar surface area (TPSA) is 84.6 Å². The van der Waals surface area contributed by atoms with Crippen LogP contribution >= 0.6 is 11.8 Å². The largest absolute Gasteiger partial charge is 0.573 e. The molecule has 2 heterocycles. The molecular weight excluding hydrogens is 577 g/mol. The number of halogens is 3. The van der Waals surface area contributed by atoms with Gasteiger partial charge in [0.1, 0.15) is 12.1 Å². The minimum atomic E-state index is -4.74. The van der Waals surface area contributed by atoms with E-state index in [9.17, 15) is 18.0 Å². The van der Waals surface area contributed by atoms with Crippen molar-refractivity contribution >= 4 is 28.6 Å². The number of alkyl halides is 3. The summed E-state index contributed by atoms with van der Waals surface area (Å²) in [5.74, 6) is 1.07. The summed E-state index contributed by atoms with van der Waals surface area (Å²) in [6.07, 6.45) is -1.74. The van der Waals surface area contributed by atoms with Crippen LogP contribution in [0, 0.1) is 13.8 Å². The number of rotatable bonds is 8. The van der Waals surface area contributed by atoms with E-state index in [2.05, 4.69) is 56.0 Å². The Morgan fingerprint density at radius 3 is 2.44 bits per heavy atom. The number of urea groups is 1. The second-order valence-electron chi connectivity index (χ2n) is 10.3. The summed E-state index contributed by atoms with van der Waals surface area (Å²) in [6.45, 7) is 6.93. The molecule has 0 bridgehead atoms. The molecule has 4 aromatic rings. The number of amides is 2. The zero-order valence-corrected chi connectivity index (χ0v) is 24.7. The first kappa shape index (κ1) is 30.1. The number of hydrogen-bond acceptors (Lipinski definition) is 5. The molecule has 224 valence electrons. The number of para-hydroxylation sites is 1. The van der Waals surface area contributed by atoms with Gasteiger partial charge in [0, 0.05) is 29.6 Å². The molecule has 0 saturated carbocycles. The zero-order chi connectivity index (χ0) is 30.6. The molecule has 0 spiro atoms. The molecule has 12 heteroatoms. The van der Waals surface area contributed by atoms with E-state index in [0.29, 0.717) is 11.5 Å². The van der Waals surface area contributed by atoms with Gasteiger partial charge in [-0.3, -0.25) is 0 Å². The molecule has 1 saturated heterocycles. The molecular formula is C31H31F3N6O2S. The van der Waals surface area contributed by atoms with Gasteiger partial charge in [-0.1, -0.05) is 54.2 Å². The summed E-state index contributed by atoms with van der Waals surface area (Å²) in [7, 11) is 0. The lowest BCUT2D eigenvalue weighted by molar-refractivity contribution is -0.274. The maximum atomic E-state index is 12.7. The van der Waals surface area contributed by atoms with Gasteiger partial charge in [-0.25, -0.2) is 14.5 Å². The van der Waals surface area contributed by atoms with E-state index >= 15 is 0 Å². The quantitative estimate of drug-likeness (QED) is 0.230. The van der Waals surface area contributed by atoms with Crippen LogP contribution in [-0.4, -0.2) is 50.7 Å². The SMILES string of the molecule is Cc1cccc(C)c1N1CCSC1=NC(=O)NC(C)CCc1ccc(-c2ncn(-c3ccc(OC(F)(F)F)cc3)n2)cc1. The van der Waals surface area contributed by atoms with Gasteiger partial charge >= 0.3 is 12.4 Å². The summed E-state index contributed by atoms with van der Waals surface area (Å²) < 4.78 is 42.6. The number of benzene rings is 3. The van der Waals surface area contributed by atoms with Gasteiger partial charge in [-0.05, 0) is 74.6 Å². The van der Waals surface area contributed by atoms with Gasteiger partial charge in [0.2, 0.25) is 0 Å². The number of carbonyl (C=O) groups excluding carboxylic acids is 1. The number of aromatic nitrogens is 3. The highest BCUT2D eigenvalue weighted by Gasteiger charge is 2.31. The third kappa shape index (κ3) is 7.75. The normalized spacial score (nSPS) is 15.1. The van der Waals surface area contributed by atoms with Crippen molar-refractivity contribution in [1.29, 1.82) is 0 Å². The highest BCUT2D eigenvalue weighted by molar-refractivity contribution is 8.14. The number of nitrogens with zero attached hydrogens (tertiary/aromatic N) is 5. The van der Waals surface area contributed by atoms with E-state index in [1.165, 1.54) is 35.3 Å². The van der Waals surface area contributed by atoms with E-state index in [4.69, 9.17) is 0 Å². The minimum absolute atomic E-state index is 0.0677. The van der Waals surface area contributed by atoms with Crippen LogP contribution in [0.3, 0.4) is 0 Å². The Kier molecular flexibility index (Phi) is 9.05. The molecule has 43 heavy (non-hydrogen) atoms. The molecule has 8 nitrogen and oxygen atoms in total. The molecule has 0 radical (unpaired) electrons. The van der Waals surface area contributed by atoms with Crippen molar-refractivity contribution in [3.8, 4) is 22.8 Å². The molecule has 0 aliphatic carbocycles. The monoisotopic (exact) mass is 608 g/mol. The molecule has 1 aliphatic heterocycles. The number of thioether (sulfide) groups is 1.